The zero-order chi connectivity index (χ0) is 25.9. The van der Waals surface area contributed by atoms with Gasteiger partial charge in [-0.3, -0.25) is 10.2 Å². The van der Waals surface area contributed by atoms with E-state index < -0.39 is 6.04 Å². The number of aromatic nitrogens is 2. The normalized spacial score (nSPS) is 15.4. The fourth-order valence-corrected chi connectivity index (χ4v) is 4.51. The highest BCUT2D eigenvalue weighted by Gasteiger charge is 2.40. The number of carbonyl (C=O) groups excluding carboxylic acids is 1. The van der Waals surface area contributed by atoms with Crippen molar-refractivity contribution in [2.24, 2.45) is 0 Å². The molecule has 0 radical (unpaired) electrons. The van der Waals surface area contributed by atoms with Crippen molar-refractivity contribution in [2.45, 2.75) is 12.5 Å². The number of imidazole rings is 1. The summed E-state index contributed by atoms with van der Waals surface area (Å²) in [5.41, 5.74) is 3.01. The Labute approximate surface area is 213 Å². The molecule has 2 heterocycles. The maximum Gasteiger partial charge on any atom is 0.251 e. The van der Waals surface area contributed by atoms with Crippen LogP contribution in [0.1, 0.15) is 22.6 Å². The van der Waals surface area contributed by atoms with E-state index in [0.717, 1.165) is 11.0 Å². The van der Waals surface area contributed by atoms with E-state index in [9.17, 15) is 9.90 Å². The Morgan fingerprint density at radius 2 is 1.73 bits per heavy atom. The van der Waals surface area contributed by atoms with Crippen molar-refractivity contribution in [1.29, 1.82) is 5.41 Å². The number of aliphatic hydroxyl groups is 1. The first-order chi connectivity index (χ1) is 18.0. The number of rotatable bonds is 8. The molecule has 1 aromatic heterocycles. The van der Waals surface area contributed by atoms with Crippen LogP contribution in [0.4, 0.5) is 5.69 Å². The van der Waals surface area contributed by atoms with E-state index in [1.54, 1.807) is 61.6 Å². The first-order valence-corrected chi connectivity index (χ1v) is 11.8. The van der Waals surface area contributed by atoms with Crippen molar-refractivity contribution in [2.75, 3.05) is 25.7 Å². The molecule has 0 saturated carbocycles. The number of methoxy groups -OCH3 is 2. The molecule has 1 aliphatic heterocycles. The monoisotopic (exact) mass is 497 g/mol. The number of H-pyrrole nitrogens is 1. The van der Waals surface area contributed by atoms with Crippen LogP contribution in [0, 0.1) is 5.41 Å². The third kappa shape index (κ3) is 4.58. The highest BCUT2D eigenvalue weighted by Crippen LogP contribution is 2.39. The van der Waals surface area contributed by atoms with Gasteiger partial charge >= 0.3 is 0 Å². The maximum atomic E-state index is 12.6. The number of hydrogen-bond donors (Lipinski definition) is 4. The molecule has 188 valence electrons. The predicted octanol–water partition coefficient (Wildman–Crippen LogP) is 4.54. The van der Waals surface area contributed by atoms with Crippen molar-refractivity contribution in [3.8, 4) is 11.5 Å². The summed E-state index contributed by atoms with van der Waals surface area (Å²) in [7, 11) is 3.11. The van der Waals surface area contributed by atoms with Gasteiger partial charge in [-0.05, 0) is 30.7 Å². The molecule has 1 atom stereocenters. The van der Waals surface area contributed by atoms with Gasteiger partial charge in [-0.2, -0.15) is 0 Å². The Morgan fingerprint density at radius 1 is 1.05 bits per heavy atom. The van der Waals surface area contributed by atoms with Crippen molar-refractivity contribution < 1.29 is 19.4 Å². The van der Waals surface area contributed by atoms with Crippen LogP contribution in [-0.2, 0) is 0 Å². The van der Waals surface area contributed by atoms with Crippen LogP contribution in [0.5, 0.6) is 11.5 Å². The Morgan fingerprint density at radius 3 is 2.41 bits per heavy atom. The molecule has 4 aromatic rings. The Hall–Kier alpha value is -4.79. The minimum atomic E-state index is -0.622. The second-order valence-corrected chi connectivity index (χ2v) is 8.58. The molecular weight excluding hydrogens is 470 g/mol. The number of nitrogens with zero attached hydrogens (tertiary/aromatic N) is 2. The number of ether oxygens (including phenoxy) is 2. The van der Waals surface area contributed by atoms with Gasteiger partial charge in [0.05, 0.1) is 42.6 Å². The van der Waals surface area contributed by atoms with Gasteiger partial charge in [-0.25, -0.2) is 4.98 Å². The first-order valence-electron chi connectivity index (χ1n) is 11.8. The number of fused-ring (bicyclic) bond motifs is 1. The zero-order valence-electron chi connectivity index (χ0n) is 20.5. The van der Waals surface area contributed by atoms with E-state index >= 15 is 0 Å². The van der Waals surface area contributed by atoms with Gasteiger partial charge in [0, 0.05) is 30.3 Å². The van der Waals surface area contributed by atoms with Gasteiger partial charge in [0.1, 0.15) is 28.9 Å². The molecule has 5 rings (SSSR count). The standard InChI is InChI=1S/C28H27N5O4/c1-36-19-14-18(15-20(16-19)37-2)33-23(12-13-30-28(35)17-8-4-3-5-9-17)25(34)24(26(33)29)27-31-21-10-6-7-11-22(21)32-27/h3-11,14-16,23,29,34H,12-13H2,1-2H3,(H,30,35)(H,31,32). The van der Waals surface area contributed by atoms with Crippen LogP contribution < -0.4 is 19.7 Å². The van der Waals surface area contributed by atoms with Crippen LogP contribution in [-0.4, -0.2) is 53.6 Å². The van der Waals surface area contributed by atoms with Crippen LogP contribution in [0.25, 0.3) is 16.6 Å². The largest absolute Gasteiger partial charge is 0.509 e. The van der Waals surface area contributed by atoms with Gasteiger partial charge in [-0.1, -0.05) is 30.3 Å². The molecule has 1 amide bonds. The van der Waals surface area contributed by atoms with Crippen LogP contribution >= 0.6 is 0 Å². The molecule has 4 N–H and O–H groups in total. The average Bonchev–Trinajstić information content (AvgIpc) is 3.46. The topological polar surface area (TPSA) is 124 Å². The molecule has 0 bridgehead atoms. The average molecular weight is 498 g/mol. The molecule has 1 unspecified atom stereocenters. The second kappa shape index (κ2) is 10.1. The fourth-order valence-electron chi connectivity index (χ4n) is 4.51. The molecular formula is C28H27N5O4. The highest BCUT2D eigenvalue weighted by molar-refractivity contribution is 6.31. The minimum Gasteiger partial charge on any atom is -0.509 e. The summed E-state index contributed by atoms with van der Waals surface area (Å²) in [6, 6.07) is 21.2. The van der Waals surface area contributed by atoms with Gasteiger partial charge in [0.25, 0.3) is 5.91 Å². The lowest BCUT2D eigenvalue weighted by Gasteiger charge is -2.28. The Bertz CT molecular complexity index is 1440. The quantitative estimate of drug-likeness (QED) is 0.284. The minimum absolute atomic E-state index is 0.000182. The number of amidine groups is 1. The smallest absolute Gasteiger partial charge is 0.251 e. The number of aliphatic hydroxyl groups excluding tert-OH is 1. The highest BCUT2D eigenvalue weighted by atomic mass is 16.5. The number of aromatic amines is 1. The molecule has 3 aromatic carbocycles. The van der Waals surface area contributed by atoms with E-state index in [2.05, 4.69) is 15.3 Å². The lowest BCUT2D eigenvalue weighted by Crippen LogP contribution is -2.38. The summed E-state index contributed by atoms with van der Waals surface area (Å²) >= 11 is 0. The number of amides is 1. The lowest BCUT2D eigenvalue weighted by atomic mass is 10.1. The van der Waals surface area contributed by atoms with Crippen LogP contribution in [0.3, 0.4) is 0 Å². The third-order valence-electron chi connectivity index (χ3n) is 6.34. The zero-order valence-corrected chi connectivity index (χ0v) is 20.5. The van der Waals surface area contributed by atoms with Gasteiger partial charge < -0.3 is 29.8 Å². The van der Waals surface area contributed by atoms with E-state index in [-0.39, 0.29) is 24.0 Å². The number of anilines is 1. The van der Waals surface area contributed by atoms with E-state index in [4.69, 9.17) is 14.9 Å². The summed E-state index contributed by atoms with van der Waals surface area (Å²) in [4.78, 5) is 22.1. The predicted molar refractivity (Wildman–Crippen MR) is 143 cm³/mol. The summed E-state index contributed by atoms with van der Waals surface area (Å²) in [5, 5.41) is 23.4. The van der Waals surface area contributed by atoms with Crippen molar-refractivity contribution in [1.82, 2.24) is 15.3 Å². The van der Waals surface area contributed by atoms with Crippen molar-refractivity contribution in [3.05, 3.63) is 89.9 Å². The SMILES string of the molecule is COc1cc(OC)cc(N2C(=N)C(c3nc4ccccc4[nH]3)=C(O)C2CCNC(=O)c2ccccc2)c1. The number of carbonyl (C=O) groups is 1. The fraction of sp³-hybridized carbons (Fsp3) is 0.179. The van der Waals surface area contributed by atoms with E-state index in [0.29, 0.717) is 40.6 Å². The molecule has 0 fully saturated rings. The molecule has 1 aliphatic rings. The molecule has 0 saturated heterocycles. The number of para-hydroxylation sites is 2. The Kier molecular flexibility index (Phi) is 6.51. The van der Waals surface area contributed by atoms with Crippen LogP contribution in [0.15, 0.2) is 78.6 Å². The summed E-state index contributed by atoms with van der Waals surface area (Å²) in [5.74, 6) is 1.37. The maximum absolute atomic E-state index is 12.6. The van der Waals surface area contributed by atoms with E-state index in [1.165, 1.54) is 0 Å². The molecule has 0 aliphatic carbocycles. The number of hydrogen-bond acceptors (Lipinski definition) is 6. The van der Waals surface area contributed by atoms with Gasteiger partial charge in [0.2, 0.25) is 0 Å². The van der Waals surface area contributed by atoms with Crippen LogP contribution in [0.2, 0.25) is 0 Å². The molecule has 0 spiro atoms. The summed E-state index contributed by atoms with van der Waals surface area (Å²) in [6.45, 7) is 0.279. The van der Waals surface area contributed by atoms with Crippen molar-refractivity contribution in [3.63, 3.8) is 0 Å². The third-order valence-corrected chi connectivity index (χ3v) is 6.34. The second-order valence-electron chi connectivity index (χ2n) is 8.58. The lowest BCUT2D eigenvalue weighted by molar-refractivity contribution is 0.0952. The first kappa shape index (κ1) is 23.9. The molecule has 37 heavy (non-hydrogen) atoms. The summed E-state index contributed by atoms with van der Waals surface area (Å²) < 4.78 is 10.9. The number of benzene rings is 3. The van der Waals surface area contributed by atoms with E-state index in [1.807, 2.05) is 30.3 Å². The summed E-state index contributed by atoms with van der Waals surface area (Å²) in [6.07, 6.45) is 0.343. The Balaban J connectivity index is 1.49. The van der Waals surface area contributed by atoms with Gasteiger partial charge in [-0.15, -0.1) is 0 Å². The molecule has 9 heteroatoms. The van der Waals surface area contributed by atoms with Gasteiger partial charge in [0.15, 0.2) is 0 Å². The van der Waals surface area contributed by atoms with Crippen molar-refractivity contribution >= 4 is 34.0 Å². The number of nitrogens with one attached hydrogen (secondary N) is 3. The molecule has 9 nitrogen and oxygen atoms in total.